The molecule has 6 nitrogen and oxygen atoms in total. The van der Waals surface area contributed by atoms with Crippen molar-refractivity contribution in [1.82, 2.24) is 25.4 Å². The van der Waals surface area contributed by atoms with Gasteiger partial charge in [0.15, 0.2) is 0 Å². The lowest BCUT2D eigenvalue weighted by molar-refractivity contribution is 0.0776. The number of amides is 1. The summed E-state index contributed by atoms with van der Waals surface area (Å²) in [4.78, 5) is 24.6. The highest BCUT2D eigenvalue weighted by Crippen LogP contribution is 2.05. The molecule has 25 heavy (non-hydrogen) atoms. The first-order valence-corrected chi connectivity index (χ1v) is 8.05. The van der Waals surface area contributed by atoms with Gasteiger partial charge in [0.1, 0.15) is 0 Å². The smallest absolute Gasteiger partial charge is 0.267 e. The third-order valence-electron chi connectivity index (χ3n) is 3.70. The van der Waals surface area contributed by atoms with Gasteiger partial charge in [-0.1, -0.05) is 6.07 Å². The van der Waals surface area contributed by atoms with Crippen molar-refractivity contribution in [3.63, 3.8) is 0 Å². The number of hydrogen-bond donors (Lipinski definition) is 1. The number of aromatic nitrogens is 3. The molecule has 126 valence electrons. The molecule has 0 saturated carbocycles. The van der Waals surface area contributed by atoms with Gasteiger partial charge in [-0.15, -0.1) is 0 Å². The molecule has 0 spiro atoms. The molecule has 3 aromatic heterocycles. The van der Waals surface area contributed by atoms with Crippen LogP contribution in [0, 0.1) is 0 Å². The van der Waals surface area contributed by atoms with Crippen LogP contribution in [-0.2, 0) is 13.0 Å². The zero-order chi connectivity index (χ0) is 17.3. The highest BCUT2D eigenvalue weighted by molar-refractivity contribution is 5.93. The molecule has 0 aromatic carbocycles. The Balaban J connectivity index is 1.68. The zero-order valence-corrected chi connectivity index (χ0v) is 13.7. The van der Waals surface area contributed by atoms with Crippen LogP contribution in [0.5, 0.6) is 0 Å². The minimum absolute atomic E-state index is 0.173. The molecule has 0 bridgehead atoms. The molecule has 0 radical (unpaired) electrons. The predicted molar refractivity (Wildman–Crippen MR) is 94.3 cm³/mol. The molecule has 3 heterocycles. The number of carbonyl (C=O) groups excluding carboxylic acids is 1. The molecule has 0 aliphatic rings. The maximum absolute atomic E-state index is 12.4. The molecule has 6 heteroatoms. The second-order valence-electron chi connectivity index (χ2n) is 5.57. The van der Waals surface area contributed by atoms with Gasteiger partial charge in [-0.05, 0) is 47.9 Å². The molecule has 0 fully saturated rings. The first-order valence-electron chi connectivity index (χ1n) is 8.05. The van der Waals surface area contributed by atoms with Crippen molar-refractivity contribution in [2.45, 2.75) is 13.0 Å². The van der Waals surface area contributed by atoms with Crippen molar-refractivity contribution in [2.75, 3.05) is 6.54 Å². The van der Waals surface area contributed by atoms with Crippen molar-refractivity contribution in [3.05, 3.63) is 90.3 Å². The van der Waals surface area contributed by atoms with Gasteiger partial charge in [-0.25, -0.2) is 5.01 Å². The number of nitrogens with one attached hydrogen (secondary N) is 1. The molecule has 1 amide bonds. The van der Waals surface area contributed by atoms with E-state index < -0.39 is 0 Å². The molecule has 0 saturated heterocycles. The van der Waals surface area contributed by atoms with E-state index in [1.165, 1.54) is 0 Å². The summed E-state index contributed by atoms with van der Waals surface area (Å²) in [6, 6.07) is 11.3. The lowest BCUT2D eigenvalue weighted by Crippen LogP contribution is -2.42. The second-order valence-corrected chi connectivity index (χ2v) is 5.57. The van der Waals surface area contributed by atoms with Gasteiger partial charge in [0.25, 0.3) is 5.91 Å². The Hall–Kier alpha value is -3.12. The zero-order valence-electron chi connectivity index (χ0n) is 13.7. The van der Waals surface area contributed by atoms with Crippen molar-refractivity contribution in [3.8, 4) is 0 Å². The predicted octanol–water partition coefficient (Wildman–Crippen LogP) is 2.26. The highest BCUT2D eigenvalue weighted by atomic mass is 16.2. The standard InChI is InChI=1S/C19H19N5O/c25-19(18-4-2-9-22-14-18)23-24(15-17-5-10-20-11-6-17)12-7-16-3-1-8-21-13-16/h1-6,8-11,13-14H,7,12,15H2,(H,23,25). The van der Waals surface area contributed by atoms with E-state index in [2.05, 4.69) is 20.4 Å². The second kappa shape index (κ2) is 8.65. The Bertz CT molecular complexity index is 781. The fourth-order valence-electron chi connectivity index (χ4n) is 2.40. The average molecular weight is 333 g/mol. The fraction of sp³-hybridized carbons (Fsp3) is 0.158. The third kappa shape index (κ3) is 5.19. The number of hydrogen-bond acceptors (Lipinski definition) is 5. The van der Waals surface area contributed by atoms with Gasteiger partial charge in [0.2, 0.25) is 0 Å². The molecular formula is C19H19N5O. The van der Waals surface area contributed by atoms with Crippen LogP contribution in [0.2, 0.25) is 0 Å². The molecule has 0 atom stereocenters. The molecule has 3 rings (SSSR count). The quantitative estimate of drug-likeness (QED) is 0.672. The van der Waals surface area contributed by atoms with E-state index >= 15 is 0 Å². The Labute approximate surface area is 146 Å². The van der Waals surface area contributed by atoms with Crippen LogP contribution in [-0.4, -0.2) is 32.4 Å². The summed E-state index contributed by atoms with van der Waals surface area (Å²) >= 11 is 0. The van der Waals surface area contributed by atoms with E-state index in [1.807, 2.05) is 35.5 Å². The first kappa shape index (κ1) is 16.7. The first-order chi connectivity index (χ1) is 12.3. The Kier molecular flexibility index (Phi) is 5.79. The van der Waals surface area contributed by atoms with Gasteiger partial charge >= 0.3 is 0 Å². The van der Waals surface area contributed by atoms with Crippen LogP contribution in [0.4, 0.5) is 0 Å². The fourth-order valence-corrected chi connectivity index (χ4v) is 2.40. The van der Waals surface area contributed by atoms with Crippen molar-refractivity contribution < 1.29 is 4.79 Å². The molecule has 0 aliphatic heterocycles. The van der Waals surface area contributed by atoms with Gasteiger partial charge < -0.3 is 0 Å². The average Bonchev–Trinajstić information content (AvgIpc) is 2.68. The largest absolute Gasteiger partial charge is 0.284 e. The molecule has 1 N–H and O–H groups in total. The summed E-state index contributed by atoms with van der Waals surface area (Å²) in [6.07, 6.45) is 11.1. The van der Waals surface area contributed by atoms with Gasteiger partial charge in [0, 0.05) is 50.3 Å². The number of nitrogens with zero attached hydrogens (tertiary/aromatic N) is 4. The minimum Gasteiger partial charge on any atom is -0.284 e. The lowest BCUT2D eigenvalue weighted by Gasteiger charge is -2.23. The summed E-state index contributed by atoms with van der Waals surface area (Å²) in [5, 5.41) is 1.90. The lowest BCUT2D eigenvalue weighted by atomic mass is 10.2. The van der Waals surface area contributed by atoms with Crippen molar-refractivity contribution >= 4 is 5.91 Å². The van der Waals surface area contributed by atoms with Crippen LogP contribution in [0.15, 0.2) is 73.6 Å². The summed E-state index contributed by atoms with van der Waals surface area (Å²) < 4.78 is 0. The van der Waals surface area contributed by atoms with E-state index in [0.717, 1.165) is 17.5 Å². The molecule has 0 aliphatic carbocycles. The summed E-state index contributed by atoms with van der Waals surface area (Å²) in [6.45, 7) is 1.26. The number of pyridine rings is 3. The van der Waals surface area contributed by atoms with Gasteiger partial charge in [-0.2, -0.15) is 0 Å². The van der Waals surface area contributed by atoms with Crippen molar-refractivity contribution in [2.24, 2.45) is 0 Å². The van der Waals surface area contributed by atoms with E-state index in [-0.39, 0.29) is 5.91 Å². The maximum atomic E-state index is 12.4. The van der Waals surface area contributed by atoms with E-state index in [4.69, 9.17) is 0 Å². The van der Waals surface area contributed by atoms with Crippen LogP contribution in [0.3, 0.4) is 0 Å². The van der Waals surface area contributed by atoms with Crippen LogP contribution in [0.1, 0.15) is 21.5 Å². The number of rotatable bonds is 7. The molecular weight excluding hydrogens is 314 g/mol. The number of carbonyl (C=O) groups is 1. The van der Waals surface area contributed by atoms with E-state index in [1.54, 1.807) is 43.1 Å². The highest BCUT2D eigenvalue weighted by Gasteiger charge is 2.12. The maximum Gasteiger partial charge on any atom is 0.267 e. The van der Waals surface area contributed by atoms with Gasteiger partial charge in [0.05, 0.1) is 5.56 Å². The Morgan fingerprint density at radius 2 is 1.64 bits per heavy atom. The Morgan fingerprint density at radius 1 is 0.880 bits per heavy atom. The summed E-state index contributed by atoms with van der Waals surface area (Å²) in [5.41, 5.74) is 5.70. The van der Waals surface area contributed by atoms with Gasteiger partial charge in [-0.3, -0.25) is 25.2 Å². The van der Waals surface area contributed by atoms with E-state index in [0.29, 0.717) is 18.7 Å². The monoisotopic (exact) mass is 333 g/mol. The Morgan fingerprint density at radius 3 is 2.32 bits per heavy atom. The third-order valence-corrected chi connectivity index (χ3v) is 3.70. The molecule has 0 unspecified atom stereocenters. The topological polar surface area (TPSA) is 71.0 Å². The van der Waals surface area contributed by atoms with Crippen molar-refractivity contribution in [1.29, 1.82) is 0 Å². The SMILES string of the molecule is O=C(NN(CCc1cccnc1)Cc1ccncc1)c1cccnc1. The minimum atomic E-state index is -0.173. The van der Waals surface area contributed by atoms with Crippen LogP contribution >= 0.6 is 0 Å². The number of hydrazine groups is 1. The van der Waals surface area contributed by atoms with E-state index in [9.17, 15) is 4.79 Å². The summed E-state index contributed by atoms with van der Waals surface area (Å²) in [7, 11) is 0. The molecule has 3 aromatic rings. The van der Waals surface area contributed by atoms with Crippen LogP contribution in [0.25, 0.3) is 0 Å². The normalized spacial score (nSPS) is 10.6. The summed E-state index contributed by atoms with van der Waals surface area (Å²) in [5.74, 6) is -0.173. The van der Waals surface area contributed by atoms with Crippen LogP contribution < -0.4 is 5.43 Å².